The van der Waals surface area contributed by atoms with Crippen molar-refractivity contribution in [1.82, 2.24) is 25.1 Å². The molecule has 1 aliphatic carbocycles. The van der Waals surface area contributed by atoms with Crippen molar-refractivity contribution in [3.8, 4) is 11.4 Å². The summed E-state index contributed by atoms with van der Waals surface area (Å²) in [4.78, 5) is 16.8. The van der Waals surface area contributed by atoms with Crippen molar-refractivity contribution >= 4 is 5.91 Å². The van der Waals surface area contributed by atoms with Gasteiger partial charge in [-0.1, -0.05) is 30.3 Å². The molecule has 0 aliphatic heterocycles. The second-order valence-corrected chi connectivity index (χ2v) is 6.48. The minimum absolute atomic E-state index is 0.137. The number of nitrogens with one attached hydrogen (secondary N) is 2. The number of amides is 1. The van der Waals surface area contributed by atoms with Gasteiger partial charge in [0.25, 0.3) is 5.91 Å². The number of carbonyl (C=O) groups is 1. The van der Waals surface area contributed by atoms with Gasteiger partial charge in [0.2, 0.25) is 0 Å². The fourth-order valence-electron chi connectivity index (χ4n) is 2.99. The van der Waals surface area contributed by atoms with Gasteiger partial charge in [0.15, 0.2) is 0 Å². The lowest BCUT2D eigenvalue weighted by Crippen LogP contribution is -2.28. The van der Waals surface area contributed by atoms with Gasteiger partial charge in [0, 0.05) is 42.2 Å². The van der Waals surface area contributed by atoms with Crippen molar-refractivity contribution in [2.45, 2.75) is 32.2 Å². The number of H-pyrrole nitrogens is 1. The lowest BCUT2D eigenvalue weighted by Gasteiger charge is -2.11. The highest BCUT2D eigenvalue weighted by molar-refractivity contribution is 5.92. The van der Waals surface area contributed by atoms with Crippen LogP contribution in [0.4, 0.5) is 0 Å². The molecule has 2 heterocycles. The first-order valence-corrected chi connectivity index (χ1v) is 8.63. The molecule has 128 valence electrons. The van der Waals surface area contributed by atoms with E-state index in [1.807, 2.05) is 49.5 Å². The normalized spacial score (nSPS) is 13.8. The van der Waals surface area contributed by atoms with Crippen LogP contribution in [0, 0.1) is 6.92 Å². The van der Waals surface area contributed by atoms with Gasteiger partial charge in [0.05, 0.1) is 0 Å². The Labute approximate surface area is 146 Å². The molecular weight excluding hydrogens is 314 g/mol. The van der Waals surface area contributed by atoms with Crippen LogP contribution in [-0.4, -0.2) is 32.2 Å². The quantitative estimate of drug-likeness (QED) is 0.727. The number of hydrogen-bond donors (Lipinski definition) is 2. The number of nitrogens with zero attached hydrogens (tertiary/aromatic N) is 3. The van der Waals surface area contributed by atoms with Gasteiger partial charge in [-0.2, -0.15) is 5.10 Å². The number of aromatic amines is 1. The SMILES string of the molecule is Cc1cnc(-c2ccccc2)n1CCNC(=O)c1cc(C2CC2)[nH]n1. The topological polar surface area (TPSA) is 75.6 Å². The van der Waals surface area contributed by atoms with E-state index >= 15 is 0 Å². The zero-order valence-corrected chi connectivity index (χ0v) is 14.2. The van der Waals surface area contributed by atoms with Crippen LogP contribution in [0.1, 0.15) is 40.6 Å². The molecule has 0 radical (unpaired) electrons. The third-order valence-corrected chi connectivity index (χ3v) is 4.56. The average molecular weight is 335 g/mol. The van der Waals surface area contributed by atoms with Gasteiger partial charge in [-0.3, -0.25) is 9.89 Å². The van der Waals surface area contributed by atoms with E-state index in [9.17, 15) is 4.79 Å². The molecule has 4 rings (SSSR count). The van der Waals surface area contributed by atoms with Crippen LogP contribution in [0.3, 0.4) is 0 Å². The first-order chi connectivity index (χ1) is 12.2. The molecule has 0 bridgehead atoms. The second-order valence-electron chi connectivity index (χ2n) is 6.48. The first kappa shape index (κ1) is 15.6. The molecule has 0 atom stereocenters. The van der Waals surface area contributed by atoms with Gasteiger partial charge in [-0.25, -0.2) is 4.98 Å². The summed E-state index contributed by atoms with van der Waals surface area (Å²) in [5, 5.41) is 10.0. The summed E-state index contributed by atoms with van der Waals surface area (Å²) in [6.45, 7) is 3.22. The van der Waals surface area contributed by atoms with E-state index in [1.165, 1.54) is 12.8 Å². The molecule has 1 saturated carbocycles. The largest absolute Gasteiger partial charge is 0.349 e. The van der Waals surface area contributed by atoms with Crippen LogP contribution in [0.25, 0.3) is 11.4 Å². The summed E-state index contributed by atoms with van der Waals surface area (Å²) in [6, 6.07) is 11.9. The fraction of sp³-hybridized carbons (Fsp3) is 0.316. The number of imidazole rings is 1. The third kappa shape index (κ3) is 3.33. The number of hydrogen-bond acceptors (Lipinski definition) is 3. The average Bonchev–Trinajstić information content (AvgIpc) is 3.25. The molecule has 0 spiro atoms. The van der Waals surface area contributed by atoms with E-state index in [4.69, 9.17) is 0 Å². The van der Waals surface area contributed by atoms with E-state index in [2.05, 4.69) is 25.1 Å². The fourth-order valence-corrected chi connectivity index (χ4v) is 2.99. The molecule has 1 amide bonds. The summed E-state index contributed by atoms with van der Waals surface area (Å²) in [6.07, 6.45) is 4.23. The molecular formula is C19H21N5O. The minimum atomic E-state index is -0.137. The maximum absolute atomic E-state index is 12.3. The summed E-state index contributed by atoms with van der Waals surface area (Å²) >= 11 is 0. The number of carbonyl (C=O) groups excluding carboxylic acids is 1. The number of benzene rings is 1. The van der Waals surface area contributed by atoms with Gasteiger partial charge >= 0.3 is 0 Å². The summed E-state index contributed by atoms with van der Waals surface area (Å²) in [7, 11) is 0. The van der Waals surface area contributed by atoms with E-state index in [0.29, 0.717) is 24.7 Å². The van der Waals surface area contributed by atoms with Crippen LogP contribution in [0.5, 0.6) is 0 Å². The lowest BCUT2D eigenvalue weighted by atomic mass is 10.2. The molecule has 6 heteroatoms. The van der Waals surface area contributed by atoms with E-state index in [1.54, 1.807) is 0 Å². The Morgan fingerprint density at radius 3 is 2.88 bits per heavy atom. The van der Waals surface area contributed by atoms with Crippen LogP contribution in [0.2, 0.25) is 0 Å². The second kappa shape index (κ2) is 6.55. The molecule has 1 aliphatic rings. The number of rotatable bonds is 6. The third-order valence-electron chi connectivity index (χ3n) is 4.56. The standard InChI is InChI=1S/C19H21N5O/c1-13-12-21-18(15-5-3-2-4-6-15)24(13)10-9-20-19(25)17-11-16(22-23-17)14-7-8-14/h2-6,11-12,14H,7-10H2,1H3,(H,20,25)(H,22,23). The molecule has 1 fully saturated rings. The highest BCUT2D eigenvalue weighted by Gasteiger charge is 2.26. The molecule has 2 aromatic heterocycles. The van der Waals surface area contributed by atoms with Crippen molar-refractivity contribution in [2.75, 3.05) is 6.54 Å². The summed E-state index contributed by atoms with van der Waals surface area (Å²) < 4.78 is 2.12. The Morgan fingerprint density at radius 1 is 1.32 bits per heavy atom. The highest BCUT2D eigenvalue weighted by Crippen LogP contribution is 2.38. The predicted octanol–water partition coefficient (Wildman–Crippen LogP) is 2.89. The number of aryl methyl sites for hydroxylation is 1. The first-order valence-electron chi connectivity index (χ1n) is 8.63. The van der Waals surface area contributed by atoms with Crippen molar-refractivity contribution in [2.24, 2.45) is 0 Å². The number of aromatic nitrogens is 4. The Kier molecular flexibility index (Phi) is 4.09. The monoisotopic (exact) mass is 335 g/mol. The summed E-state index contributed by atoms with van der Waals surface area (Å²) in [5.74, 6) is 1.35. The molecule has 0 saturated heterocycles. The van der Waals surface area contributed by atoms with Crippen molar-refractivity contribution in [3.05, 3.63) is 59.7 Å². The molecule has 6 nitrogen and oxygen atoms in total. The zero-order chi connectivity index (χ0) is 17.2. The Hall–Kier alpha value is -2.89. The Balaban J connectivity index is 1.40. The maximum Gasteiger partial charge on any atom is 0.271 e. The zero-order valence-electron chi connectivity index (χ0n) is 14.2. The molecule has 0 unspecified atom stereocenters. The van der Waals surface area contributed by atoms with Crippen molar-refractivity contribution in [1.29, 1.82) is 0 Å². The minimum Gasteiger partial charge on any atom is -0.349 e. The molecule has 25 heavy (non-hydrogen) atoms. The van der Waals surface area contributed by atoms with Crippen LogP contribution in [0.15, 0.2) is 42.6 Å². The van der Waals surface area contributed by atoms with E-state index in [-0.39, 0.29) is 5.91 Å². The van der Waals surface area contributed by atoms with Gasteiger partial charge in [-0.15, -0.1) is 0 Å². The van der Waals surface area contributed by atoms with Gasteiger partial charge in [0.1, 0.15) is 11.5 Å². The van der Waals surface area contributed by atoms with Gasteiger partial charge in [-0.05, 0) is 25.8 Å². The smallest absolute Gasteiger partial charge is 0.271 e. The van der Waals surface area contributed by atoms with Crippen LogP contribution >= 0.6 is 0 Å². The Bertz CT molecular complexity index is 876. The van der Waals surface area contributed by atoms with Crippen molar-refractivity contribution in [3.63, 3.8) is 0 Å². The Morgan fingerprint density at radius 2 is 2.12 bits per heavy atom. The highest BCUT2D eigenvalue weighted by atomic mass is 16.1. The predicted molar refractivity (Wildman–Crippen MR) is 95.3 cm³/mol. The van der Waals surface area contributed by atoms with E-state index < -0.39 is 0 Å². The van der Waals surface area contributed by atoms with Crippen LogP contribution in [-0.2, 0) is 6.54 Å². The summed E-state index contributed by atoms with van der Waals surface area (Å²) in [5.41, 5.74) is 3.68. The van der Waals surface area contributed by atoms with E-state index in [0.717, 1.165) is 22.8 Å². The molecule has 1 aromatic carbocycles. The van der Waals surface area contributed by atoms with Gasteiger partial charge < -0.3 is 9.88 Å². The lowest BCUT2D eigenvalue weighted by molar-refractivity contribution is 0.0947. The molecule has 3 aromatic rings. The van der Waals surface area contributed by atoms with Crippen molar-refractivity contribution < 1.29 is 4.79 Å². The van der Waals surface area contributed by atoms with Crippen LogP contribution < -0.4 is 5.32 Å². The maximum atomic E-state index is 12.3. The molecule has 2 N–H and O–H groups in total.